The molecule has 1 aliphatic rings. The molecule has 0 aromatic heterocycles. The van der Waals surface area contributed by atoms with Crippen LogP contribution in [-0.4, -0.2) is 13.7 Å². The average molecular weight is 267 g/mol. The fourth-order valence-corrected chi connectivity index (χ4v) is 3.19. The number of para-hydroxylation sites is 1. The van der Waals surface area contributed by atoms with Crippen LogP contribution in [0.15, 0.2) is 48.5 Å². The van der Waals surface area contributed by atoms with E-state index in [4.69, 9.17) is 4.74 Å². The van der Waals surface area contributed by atoms with Gasteiger partial charge in [0, 0.05) is 17.5 Å². The molecule has 0 saturated carbocycles. The van der Waals surface area contributed by atoms with Crippen LogP contribution < -0.4 is 10.1 Å². The lowest BCUT2D eigenvalue weighted by Crippen LogP contribution is -2.31. The van der Waals surface area contributed by atoms with E-state index in [1.54, 1.807) is 0 Å². The molecular weight excluding hydrogens is 246 g/mol. The summed E-state index contributed by atoms with van der Waals surface area (Å²) < 4.78 is 5.79. The third kappa shape index (κ3) is 2.20. The van der Waals surface area contributed by atoms with Crippen LogP contribution in [0.4, 0.5) is 0 Å². The van der Waals surface area contributed by atoms with Crippen molar-refractivity contribution in [2.24, 2.45) is 0 Å². The topological polar surface area (TPSA) is 21.3 Å². The molecule has 20 heavy (non-hydrogen) atoms. The molecule has 1 aliphatic carbocycles. The van der Waals surface area contributed by atoms with Crippen molar-refractivity contribution in [3.8, 4) is 5.75 Å². The van der Waals surface area contributed by atoms with Crippen molar-refractivity contribution in [2.75, 3.05) is 13.7 Å². The van der Waals surface area contributed by atoms with Crippen molar-refractivity contribution in [1.82, 2.24) is 5.32 Å². The normalized spacial score (nSPS) is 18.0. The third-order valence-electron chi connectivity index (χ3n) is 4.16. The SMILES string of the molecule is CCOc1ccccc1C(NC)C1Cc2ccccc21. The summed E-state index contributed by atoms with van der Waals surface area (Å²) >= 11 is 0. The number of ether oxygens (including phenoxy) is 1. The summed E-state index contributed by atoms with van der Waals surface area (Å²) in [6.45, 7) is 2.73. The Kier molecular flexibility index (Phi) is 3.75. The summed E-state index contributed by atoms with van der Waals surface area (Å²) in [6, 6.07) is 17.4. The van der Waals surface area contributed by atoms with Gasteiger partial charge in [-0.25, -0.2) is 0 Å². The molecular formula is C18H21NO. The fourth-order valence-electron chi connectivity index (χ4n) is 3.19. The maximum Gasteiger partial charge on any atom is 0.124 e. The van der Waals surface area contributed by atoms with Crippen LogP contribution in [0, 0.1) is 0 Å². The molecule has 1 N–H and O–H groups in total. The largest absolute Gasteiger partial charge is 0.494 e. The van der Waals surface area contributed by atoms with Crippen LogP contribution in [-0.2, 0) is 6.42 Å². The molecule has 2 unspecified atom stereocenters. The highest BCUT2D eigenvalue weighted by atomic mass is 16.5. The predicted molar refractivity (Wildman–Crippen MR) is 82.3 cm³/mol. The van der Waals surface area contributed by atoms with Gasteiger partial charge in [0.2, 0.25) is 0 Å². The van der Waals surface area contributed by atoms with Crippen molar-refractivity contribution in [3.05, 3.63) is 65.2 Å². The van der Waals surface area contributed by atoms with Crippen LogP contribution in [0.25, 0.3) is 0 Å². The molecule has 0 saturated heterocycles. The third-order valence-corrected chi connectivity index (χ3v) is 4.16. The average Bonchev–Trinajstić information content (AvgIpc) is 2.46. The summed E-state index contributed by atoms with van der Waals surface area (Å²) in [5.74, 6) is 1.54. The Hall–Kier alpha value is -1.80. The number of likely N-dealkylation sites (N-methyl/N-ethyl adjacent to an activating group) is 1. The van der Waals surface area contributed by atoms with Crippen LogP contribution in [0.5, 0.6) is 5.75 Å². The molecule has 0 aliphatic heterocycles. The first kappa shape index (κ1) is 13.2. The van der Waals surface area contributed by atoms with E-state index in [0.717, 1.165) is 12.2 Å². The first-order chi connectivity index (χ1) is 9.85. The van der Waals surface area contributed by atoms with Crippen LogP contribution in [0.1, 0.15) is 35.6 Å². The van der Waals surface area contributed by atoms with Crippen molar-refractivity contribution < 1.29 is 4.74 Å². The van der Waals surface area contributed by atoms with Gasteiger partial charge in [-0.1, -0.05) is 42.5 Å². The van der Waals surface area contributed by atoms with E-state index in [9.17, 15) is 0 Å². The summed E-state index contributed by atoms with van der Waals surface area (Å²) in [5, 5.41) is 3.48. The Balaban J connectivity index is 1.92. The van der Waals surface area contributed by atoms with Gasteiger partial charge in [-0.15, -0.1) is 0 Å². The minimum Gasteiger partial charge on any atom is -0.494 e. The molecule has 0 bridgehead atoms. The van der Waals surface area contributed by atoms with Crippen LogP contribution >= 0.6 is 0 Å². The summed E-state index contributed by atoms with van der Waals surface area (Å²) in [7, 11) is 2.04. The summed E-state index contributed by atoms with van der Waals surface area (Å²) in [5.41, 5.74) is 4.21. The molecule has 2 atom stereocenters. The van der Waals surface area contributed by atoms with Crippen LogP contribution in [0.2, 0.25) is 0 Å². The van der Waals surface area contributed by atoms with E-state index in [0.29, 0.717) is 18.6 Å². The lowest BCUT2D eigenvalue weighted by Gasteiger charge is -2.37. The van der Waals surface area contributed by atoms with Crippen molar-refractivity contribution in [3.63, 3.8) is 0 Å². The van der Waals surface area contributed by atoms with Crippen molar-refractivity contribution >= 4 is 0 Å². The van der Waals surface area contributed by atoms with E-state index < -0.39 is 0 Å². The molecule has 0 fully saturated rings. The molecule has 2 aromatic carbocycles. The number of rotatable bonds is 5. The van der Waals surface area contributed by atoms with Gasteiger partial charge in [0.25, 0.3) is 0 Å². The first-order valence-electron chi connectivity index (χ1n) is 7.32. The van der Waals surface area contributed by atoms with E-state index in [2.05, 4.69) is 47.8 Å². The second-order valence-corrected chi connectivity index (χ2v) is 5.25. The zero-order valence-corrected chi connectivity index (χ0v) is 12.1. The number of benzene rings is 2. The molecule has 0 heterocycles. The Labute approximate surface area is 120 Å². The number of hydrogen-bond donors (Lipinski definition) is 1. The standard InChI is InChI=1S/C18H21NO/c1-3-20-17-11-7-6-10-15(17)18(19-2)16-12-13-8-4-5-9-14(13)16/h4-11,16,18-19H,3,12H2,1-2H3. The molecule has 2 heteroatoms. The van der Waals surface area contributed by atoms with Crippen LogP contribution in [0.3, 0.4) is 0 Å². The summed E-state index contributed by atoms with van der Waals surface area (Å²) in [6.07, 6.45) is 1.14. The van der Waals surface area contributed by atoms with Gasteiger partial charge in [-0.2, -0.15) is 0 Å². The van der Waals surface area contributed by atoms with Gasteiger partial charge < -0.3 is 10.1 Å². The Morgan fingerprint density at radius 3 is 2.65 bits per heavy atom. The quantitative estimate of drug-likeness (QED) is 0.892. The first-order valence-corrected chi connectivity index (χ1v) is 7.32. The fraction of sp³-hybridized carbons (Fsp3) is 0.333. The predicted octanol–water partition coefficient (Wildman–Crippen LogP) is 3.69. The molecule has 104 valence electrons. The minimum atomic E-state index is 0.313. The summed E-state index contributed by atoms with van der Waals surface area (Å²) in [4.78, 5) is 0. The lowest BCUT2D eigenvalue weighted by molar-refractivity contribution is 0.326. The van der Waals surface area contributed by atoms with E-state index >= 15 is 0 Å². The highest BCUT2D eigenvalue weighted by Gasteiger charge is 2.33. The van der Waals surface area contributed by atoms with Gasteiger partial charge in [-0.05, 0) is 37.6 Å². The van der Waals surface area contributed by atoms with Gasteiger partial charge in [0.05, 0.1) is 6.61 Å². The molecule has 0 spiro atoms. The van der Waals surface area contributed by atoms with Crippen molar-refractivity contribution in [2.45, 2.75) is 25.3 Å². The smallest absolute Gasteiger partial charge is 0.124 e. The molecule has 0 radical (unpaired) electrons. The van der Waals surface area contributed by atoms with Gasteiger partial charge in [0.1, 0.15) is 5.75 Å². The molecule has 2 nitrogen and oxygen atoms in total. The Morgan fingerprint density at radius 1 is 1.15 bits per heavy atom. The maximum atomic E-state index is 5.79. The monoisotopic (exact) mass is 267 g/mol. The molecule has 0 amide bonds. The van der Waals surface area contributed by atoms with Crippen molar-refractivity contribution in [1.29, 1.82) is 0 Å². The Morgan fingerprint density at radius 2 is 1.90 bits per heavy atom. The van der Waals surface area contributed by atoms with Gasteiger partial charge in [0.15, 0.2) is 0 Å². The Bertz CT molecular complexity index is 593. The zero-order chi connectivity index (χ0) is 13.9. The lowest BCUT2D eigenvalue weighted by atomic mass is 9.71. The number of hydrogen-bond acceptors (Lipinski definition) is 2. The zero-order valence-electron chi connectivity index (χ0n) is 12.1. The molecule has 3 rings (SSSR count). The second-order valence-electron chi connectivity index (χ2n) is 5.25. The number of fused-ring (bicyclic) bond motifs is 1. The number of nitrogens with one attached hydrogen (secondary N) is 1. The minimum absolute atomic E-state index is 0.313. The highest BCUT2D eigenvalue weighted by Crippen LogP contribution is 2.45. The van der Waals surface area contributed by atoms with Gasteiger partial charge >= 0.3 is 0 Å². The highest BCUT2D eigenvalue weighted by molar-refractivity contribution is 5.46. The van der Waals surface area contributed by atoms with Gasteiger partial charge in [-0.3, -0.25) is 0 Å². The van der Waals surface area contributed by atoms with E-state index in [1.807, 2.05) is 20.0 Å². The maximum absolute atomic E-state index is 5.79. The second kappa shape index (κ2) is 5.68. The molecule has 2 aromatic rings. The van der Waals surface area contributed by atoms with E-state index in [-0.39, 0.29) is 0 Å². The van der Waals surface area contributed by atoms with E-state index in [1.165, 1.54) is 16.7 Å².